The van der Waals surface area contributed by atoms with Crippen LogP contribution < -0.4 is 19.5 Å². The number of hydrogen-bond acceptors (Lipinski definition) is 7. The fourth-order valence-electron chi connectivity index (χ4n) is 2.15. The van der Waals surface area contributed by atoms with E-state index >= 15 is 0 Å². The van der Waals surface area contributed by atoms with Crippen LogP contribution in [0.15, 0.2) is 42.5 Å². The minimum Gasteiger partial charge on any atom is -0.497 e. The molecule has 0 aliphatic rings. The summed E-state index contributed by atoms with van der Waals surface area (Å²) in [4.78, 5) is 12.4. The Morgan fingerprint density at radius 3 is 2.33 bits per heavy atom. The highest BCUT2D eigenvalue weighted by atomic mass is 35.5. The molecule has 3 rings (SSSR count). The monoisotopic (exact) mass is 405 g/mol. The van der Waals surface area contributed by atoms with E-state index in [1.807, 2.05) is 0 Å². The number of methoxy groups -OCH3 is 2. The standard InChI is InChI=1S/C18H16ClN3O4S/c1-24-14-7-11(8-15(9-14)25-2)17(23)20-18-22-21-16(27-18)10-26-13-5-3-12(19)4-6-13/h3-9H,10H2,1-2H3,(H,20,22,23). The van der Waals surface area contributed by atoms with Crippen LogP contribution in [0, 0.1) is 0 Å². The zero-order valence-corrected chi connectivity index (χ0v) is 16.1. The fraction of sp³-hybridized carbons (Fsp3) is 0.167. The van der Waals surface area contributed by atoms with Crippen molar-refractivity contribution in [1.29, 1.82) is 0 Å². The molecule has 7 nitrogen and oxygen atoms in total. The number of carbonyl (C=O) groups is 1. The van der Waals surface area contributed by atoms with Gasteiger partial charge in [-0.05, 0) is 36.4 Å². The molecule has 140 valence electrons. The van der Waals surface area contributed by atoms with Crippen LogP contribution in [0.4, 0.5) is 5.13 Å². The molecule has 0 saturated heterocycles. The van der Waals surface area contributed by atoms with Gasteiger partial charge in [-0.1, -0.05) is 22.9 Å². The predicted molar refractivity (Wildman–Crippen MR) is 103 cm³/mol. The molecule has 1 heterocycles. The molecule has 0 aliphatic carbocycles. The van der Waals surface area contributed by atoms with Crippen molar-refractivity contribution in [2.75, 3.05) is 19.5 Å². The maximum atomic E-state index is 12.4. The van der Waals surface area contributed by atoms with Gasteiger partial charge in [0.25, 0.3) is 5.91 Å². The van der Waals surface area contributed by atoms with Gasteiger partial charge < -0.3 is 14.2 Å². The van der Waals surface area contributed by atoms with Crippen LogP contribution in [-0.2, 0) is 6.61 Å². The lowest BCUT2D eigenvalue weighted by Gasteiger charge is -2.07. The number of carbonyl (C=O) groups excluding carboxylic acids is 1. The van der Waals surface area contributed by atoms with Crippen LogP contribution in [0.2, 0.25) is 5.02 Å². The Labute approximate surface area is 164 Å². The second-order valence-corrected chi connectivity index (χ2v) is 6.80. The first-order valence-electron chi connectivity index (χ1n) is 7.82. The zero-order valence-electron chi connectivity index (χ0n) is 14.6. The van der Waals surface area contributed by atoms with Gasteiger partial charge in [0.1, 0.15) is 23.9 Å². The second kappa shape index (κ2) is 8.70. The third-order valence-electron chi connectivity index (χ3n) is 3.48. The molecule has 0 spiro atoms. The molecule has 3 aromatic rings. The summed E-state index contributed by atoms with van der Waals surface area (Å²) in [7, 11) is 3.04. The lowest BCUT2D eigenvalue weighted by Crippen LogP contribution is -2.12. The van der Waals surface area contributed by atoms with Crippen molar-refractivity contribution < 1.29 is 19.0 Å². The molecular weight excluding hydrogens is 390 g/mol. The summed E-state index contributed by atoms with van der Waals surface area (Å²) in [5.74, 6) is 1.37. The first-order valence-corrected chi connectivity index (χ1v) is 9.02. The molecule has 0 unspecified atom stereocenters. The van der Waals surface area contributed by atoms with Gasteiger partial charge in [0, 0.05) is 16.7 Å². The summed E-state index contributed by atoms with van der Waals surface area (Å²) in [6.07, 6.45) is 0. The van der Waals surface area contributed by atoms with Gasteiger partial charge in [-0.3, -0.25) is 10.1 Å². The summed E-state index contributed by atoms with van der Waals surface area (Å²) < 4.78 is 16.0. The van der Waals surface area contributed by atoms with E-state index in [4.69, 9.17) is 25.8 Å². The van der Waals surface area contributed by atoms with Crippen molar-refractivity contribution in [3.05, 3.63) is 58.1 Å². The van der Waals surface area contributed by atoms with E-state index in [1.165, 1.54) is 25.6 Å². The molecule has 0 aliphatic heterocycles. The van der Waals surface area contributed by atoms with Crippen molar-refractivity contribution in [2.24, 2.45) is 0 Å². The molecule has 0 radical (unpaired) electrons. The molecule has 0 atom stereocenters. The van der Waals surface area contributed by atoms with Crippen molar-refractivity contribution in [2.45, 2.75) is 6.61 Å². The Kier molecular flexibility index (Phi) is 6.10. The average Bonchev–Trinajstić information content (AvgIpc) is 3.14. The second-order valence-electron chi connectivity index (χ2n) is 5.30. The van der Waals surface area contributed by atoms with E-state index in [1.54, 1.807) is 42.5 Å². The minimum atomic E-state index is -0.339. The molecule has 0 bridgehead atoms. The Hall–Kier alpha value is -2.84. The molecule has 27 heavy (non-hydrogen) atoms. The van der Waals surface area contributed by atoms with Gasteiger partial charge in [-0.2, -0.15) is 0 Å². The Morgan fingerprint density at radius 1 is 1.04 bits per heavy atom. The minimum absolute atomic E-state index is 0.238. The molecule has 1 N–H and O–H groups in total. The zero-order chi connectivity index (χ0) is 19.2. The number of anilines is 1. The van der Waals surface area contributed by atoms with E-state index < -0.39 is 0 Å². The summed E-state index contributed by atoms with van der Waals surface area (Å²) in [5.41, 5.74) is 0.389. The topological polar surface area (TPSA) is 82.6 Å². The summed E-state index contributed by atoms with van der Waals surface area (Å²) in [5, 5.41) is 12.3. The quantitative estimate of drug-likeness (QED) is 0.638. The maximum Gasteiger partial charge on any atom is 0.257 e. The van der Waals surface area contributed by atoms with E-state index in [0.29, 0.717) is 38.0 Å². The first-order chi connectivity index (χ1) is 13.1. The molecule has 0 saturated carbocycles. The number of nitrogens with one attached hydrogen (secondary N) is 1. The van der Waals surface area contributed by atoms with Crippen LogP contribution in [-0.4, -0.2) is 30.3 Å². The van der Waals surface area contributed by atoms with Crippen molar-refractivity contribution in [3.8, 4) is 17.2 Å². The Bertz CT molecular complexity index is 908. The summed E-state index contributed by atoms with van der Waals surface area (Å²) in [6, 6.07) is 11.9. The Morgan fingerprint density at radius 2 is 1.70 bits per heavy atom. The Balaban J connectivity index is 1.63. The maximum absolute atomic E-state index is 12.4. The summed E-state index contributed by atoms with van der Waals surface area (Å²) in [6.45, 7) is 0.238. The number of hydrogen-bond donors (Lipinski definition) is 1. The lowest BCUT2D eigenvalue weighted by molar-refractivity contribution is 0.102. The number of nitrogens with zero attached hydrogens (tertiary/aromatic N) is 2. The molecule has 2 aromatic carbocycles. The number of amides is 1. The molecule has 0 fully saturated rings. The molecule has 1 aromatic heterocycles. The largest absolute Gasteiger partial charge is 0.497 e. The fourth-order valence-corrected chi connectivity index (χ4v) is 2.92. The van der Waals surface area contributed by atoms with Crippen LogP contribution >= 0.6 is 22.9 Å². The van der Waals surface area contributed by atoms with E-state index in [-0.39, 0.29) is 12.5 Å². The first kappa shape index (κ1) is 18.9. The van der Waals surface area contributed by atoms with E-state index in [0.717, 1.165) is 0 Å². The predicted octanol–water partition coefficient (Wildman–Crippen LogP) is 4.04. The summed E-state index contributed by atoms with van der Waals surface area (Å²) >= 11 is 7.07. The van der Waals surface area contributed by atoms with Crippen LogP contribution in [0.25, 0.3) is 0 Å². The van der Waals surface area contributed by atoms with Crippen LogP contribution in [0.5, 0.6) is 17.2 Å². The average molecular weight is 406 g/mol. The number of ether oxygens (including phenoxy) is 3. The normalized spacial score (nSPS) is 10.3. The van der Waals surface area contributed by atoms with Crippen LogP contribution in [0.3, 0.4) is 0 Å². The van der Waals surface area contributed by atoms with Gasteiger partial charge in [0.05, 0.1) is 14.2 Å². The number of benzene rings is 2. The van der Waals surface area contributed by atoms with Gasteiger partial charge in [-0.25, -0.2) is 0 Å². The third-order valence-corrected chi connectivity index (χ3v) is 4.54. The SMILES string of the molecule is COc1cc(OC)cc(C(=O)Nc2nnc(COc3ccc(Cl)cc3)s2)c1. The number of aromatic nitrogens is 2. The smallest absolute Gasteiger partial charge is 0.257 e. The number of rotatable bonds is 7. The van der Waals surface area contributed by atoms with Crippen molar-refractivity contribution in [1.82, 2.24) is 10.2 Å². The van der Waals surface area contributed by atoms with Crippen molar-refractivity contribution >= 4 is 34.0 Å². The highest BCUT2D eigenvalue weighted by molar-refractivity contribution is 7.15. The van der Waals surface area contributed by atoms with Gasteiger partial charge in [0.2, 0.25) is 5.13 Å². The molecular formula is C18H16ClN3O4S. The van der Waals surface area contributed by atoms with Crippen LogP contribution in [0.1, 0.15) is 15.4 Å². The van der Waals surface area contributed by atoms with E-state index in [2.05, 4.69) is 15.5 Å². The third kappa shape index (κ3) is 5.08. The number of halogens is 1. The van der Waals surface area contributed by atoms with Gasteiger partial charge >= 0.3 is 0 Å². The lowest BCUT2D eigenvalue weighted by atomic mass is 10.2. The van der Waals surface area contributed by atoms with Gasteiger partial charge in [-0.15, -0.1) is 10.2 Å². The molecule has 9 heteroatoms. The highest BCUT2D eigenvalue weighted by Crippen LogP contribution is 2.24. The van der Waals surface area contributed by atoms with Gasteiger partial charge in [0.15, 0.2) is 5.01 Å². The molecule has 1 amide bonds. The van der Waals surface area contributed by atoms with E-state index in [9.17, 15) is 4.79 Å². The highest BCUT2D eigenvalue weighted by Gasteiger charge is 2.13. The van der Waals surface area contributed by atoms with Crippen molar-refractivity contribution in [3.63, 3.8) is 0 Å².